The van der Waals surface area contributed by atoms with Gasteiger partial charge in [0.15, 0.2) is 0 Å². The molecule has 0 aliphatic carbocycles. The van der Waals surface area contributed by atoms with E-state index in [2.05, 4.69) is 20.9 Å². The highest BCUT2D eigenvalue weighted by Crippen LogP contribution is 2.26. The van der Waals surface area contributed by atoms with Crippen molar-refractivity contribution in [1.29, 1.82) is 0 Å². The fourth-order valence-electron chi connectivity index (χ4n) is 1.87. The molecule has 3 nitrogen and oxygen atoms in total. The molecule has 3 rings (SSSR count). The Morgan fingerprint density at radius 3 is 2.76 bits per heavy atom. The molecule has 0 unspecified atom stereocenters. The molecule has 0 atom stereocenters. The number of rotatable bonds is 1. The predicted octanol–water partition coefficient (Wildman–Crippen LogP) is 3.37. The summed E-state index contributed by atoms with van der Waals surface area (Å²) in [4.78, 5) is 4.37. The van der Waals surface area contributed by atoms with Crippen molar-refractivity contribution in [2.45, 2.75) is 0 Å². The Morgan fingerprint density at radius 2 is 1.94 bits per heavy atom. The van der Waals surface area contributed by atoms with Crippen LogP contribution >= 0.6 is 15.9 Å². The summed E-state index contributed by atoms with van der Waals surface area (Å²) in [6.45, 7) is 0. The first-order valence-corrected chi connectivity index (χ1v) is 6.02. The highest BCUT2D eigenvalue weighted by Gasteiger charge is 2.06. The Morgan fingerprint density at radius 1 is 1.12 bits per heavy atom. The van der Waals surface area contributed by atoms with E-state index >= 15 is 0 Å². The standard InChI is InChI=1S/C13H10BrN3/c14-10-7-9(15)5-6-12(10)17-8-16-11-3-1-2-4-13(11)17/h1-8H,15H2. The van der Waals surface area contributed by atoms with Crippen molar-refractivity contribution in [3.8, 4) is 5.69 Å². The molecular formula is C13H10BrN3. The smallest absolute Gasteiger partial charge is 0.100 e. The van der Waals surface area contributed by atoms with Gasteiger partial charge >= 0.3 is 0 Å². The van der Waals surface area contributed by atoms with E-state index in [1.807, 2.05) is 53.4 Å². The van der Waals surface area contributed by atoms with E-state index in [0.717, 1.165) is 26.9 Å². The van der Waals surface area contributed by atoms with Crippen molar-refractivity contribution in [2.24, 2.45) is 0 Å². The minimum atomic E-state index is 0.741. The minimum Gasteiger partial charge on any atom is -0.399 e. The van der Waals surface area contributed by atoms with Gasteiger partial charge in [0.1, 0.15) is 6.33 Å². The molecule has 0 spiro atoms. The molecule has 0 aliphatic heterocycles. The molecule has 2 N–H and O–H groups in total. The zero-order chi connectivity index (χ0) is 11.8. The van der Waals surface area contributed by atoms with E-state index in [1.165, 1.54) is 0 Å². The third kappa shape index (κ3) is 1.70. The number of imidazole rings is 1. The van der Waals surface area contributed by atoms with Gasteiger partial charge in [-0.05, 0) is 46.3 Å². The van der Waals surface area contributed by atoms with Crippen LogP contribution < -0.4 is 5.73 Å². The number of hydrogen-bond donors (Lipinski definition) is 1. The van der Waals surface area contributed by atoms with Crippen LogP contribution in [0.1, 0.15) is 0 Å². The third-order valence-corrected chi connectivity index (χ3v) is 3.32. The molecule has 2 aromatic carbocycles. The Balaban J connectivity index is 2.27. The number of hydrogen-bond acceptors (Lipinski definition) is 2. The first kappa shape index (κ1) is 10.4. The molecule has 0 saturated carbocycles. The Kier molecular flexibility index (Phi) is 2.37. The molecule has 3 aromatic rings. The van der Waals surface area contributed by atoms with E-state index in [0.29, 0.717) is 0 Å². The molecule has 0 radical (unpaired) electrons. The van der Waals surface area contributed by atoms with E-state index in [9.17, 15) is 0 Å². The van der Waals surface area contributed by atoms with Crippen molar-refractivity contribution in [3.63, 3.8) is 0 Å². The second-order valence-electron chi connectivity index (χ2n) is 3.81. The molecule has 0 aliphatic rings. The predicted molar refractivity (Wildman–Crippen MR) is 73.2 cm³/mol. The summed E-state index contributed by atoms with van der Waals surface area (Å²) in [5.74, 6) is 0. The lowest BCUT2D eigenvalue weighted by molar-refractivity contribution is 1.08. The molecule has 0 saturated heterocycles. The molecule has 1 heterocycles. The number of para-hydroxylation sites is 2. The monoisotopic (exact) mass is 287 g/mol. The summed E-state index contributed by atoms with van der Waals surface area (Å²) in [6.07, 6.45) is 1.82. The number of aromatic nitrogens is 2. The normalized spacial score (nSPS) is 10.9. The number of benzene rings is 2. The highest BCUT2D eigenvalue weighted by atomic mass is 79.9. The maximum atomic E-state index is 5.74. The van der Waals surface area contributed by atoms with E-state index in [-0.39, 0.29) is 0 Å². The molecular weight excluding hydrogens is 278 g/mol. The van der Waals surface area contributed by atoms with Gasteiger partial charge in [-0.2, -0.15) is 0 Å². The van der Waals surface area contributed by atoms with Crippen LogP contribution in [0.15, 0.2) is 53.3 Å². The van der Waals surface area contributed by atoms with Gasteiger partial charge in [-0.3, -0.25) is 4.57 Å². The molecule has 1 aromatic heterocycles. The van der Waals surface area contributed by atoms with Crippen LogP contribution in [0.2, 0.25) is 0 Å². The van der Waals surface area contributed by atoms with Gasteiger partial charge in [-0.1, -0.05) is 12.1 Å². The average molecular weight is 288 g/mol. The van der Waals surface area contributed by atoms with E-state index in [4.69, 9.17) is 5.73 Å². The Labute approximate surface area is 107 Å². The molecule has 4 heteroatoms. The van der Waals surface area contributed by atoms with Gasteiger partial charge in [0.25, 0.3) is 0 Å². The summed E-state index contributed by atoms with van der Waals surface area (Å²) < 4.78 is 3.00. The number of nitrogens with two attached hydrogens (primary N) is 1. The van der Waals surface area contributed by atoms with Crippen LogP contribution in [-0.4, -0.2) is 9.55 Å². The van der Waals surface area contributed by atoms with Crippen LogP contribution in [0.3, 0.4) is 0 Å². The Hall–Kier alpha value is -1.81. The van der Waals surface area contributed by atoms with Gasteiger partial charge in [0, 0.05) is 10.2 Å². The van der Waals surface area contributed by atoms with E-state index < -0.39 is 0 Å². The van der Waals surface area contributed by atoms with Gasteiger partial charge in [-0.15, -0.1) is 0 Å². The topological polar surface area (TPSA) is 43.8 Å². The van der Waals surface area contributed by atoms with Crippen molar-refractivity contribution in [2.75, 3.05) is 5.73 Å². The van der Waals surface area contributed by atoms with Crippen molar-refractivity contribution < 1.29 is 0 Å². The number of anilines is 1. The number of fused-ring (bicyclic) bond motifs is 1. The highest BCUT2D eigenvalue weighted by molar-refractivity contribution is 9.10. The third-order valence-electron chi connectivity index (χ3n) is 2.68. The second kappa shape index (κ2) is 3.89. The minimum absolute atomic E-state index is 0.741. The van der Waals surface area contributed by atoms with Crippen molar-refractivity contribution in [1.82, 2.24) is 9.55 Å². The largest absolute Gasteiger partial charge is 0.399 e. The SMILES string of the molecule is Nc1ccc(-n2cnc3ccccc32)c(Br)c1. The average Bonchev–Trinajstić information content (AvgIpc) is 2.73. The van der Waals surface area contributed by atoms with Crippen LogP contribution in [0.4, 0.5) is 5.69 Å². The van der Waals surface area contributed by atoms with Gasteiger partial charge in [0.2, 0.25) is 0 Å². The number of nitrogen functional groups attached to an aromatic ring is 1. The lowest BCUT2D eigenvalue weighted by Crippen LogP contribution is -1.94. The summed E-state index contributed by atoms with van der Waals surface area (Å²) in [6, 6.07) is 13.8. The maximum absolute atomic E-state index is 5.74. The number of halogens is 1. The first-order valence-electron chi connectivity index (χ1n) is 5.23. The summed E-state index contributed by atoms with van der Waals surface area (Å²) >= 11 is 3.53. The van der Waals surface area contributed by atoms with Crippen molar-refractivity contribution in [3.05, 3.63) is 53.3 Å². The first-order chi connectivity index (χ1) is 8.25. The molecule has 0 bridgehead atoms. The summed E-state index contributed by atoms with van der Waals surface area (Å²) in [5.41, 5.74) is 9.58. The zero-order valence-electron chi connectivity index (χ0n) is 8.97. The van der Waals surface area contributed by atoms with Gasteiger partial charge in [-0.25, -0.2) is 4.98 Å². The molecule has 17 heavy (non-hydrogen) atoms. The quantitative estimate of drug-likeness (QED) is 0.698. The summed E-state index contributed by atoms with van der Waals surface area (Å²) in [7, 11) is 0. The molecule has 0 amide bonds. The van der Waals surface area contributed by atoms with Crippen LogP contribution in [0.25, 0.3) is 16.7 Å². The Bertz CT molecular complexity index is 688. The number of nitrogens with zero attached hydrogens (tertiary/aromatic N) is 2. The van der Waals surface area contributed by atoms with E-state index in [1.54, 1.807) is 0 Å². The van der Waals surface area contributed by atoms with Crippen molar-refractivity contribution >= 4 is 32.7 Å². The second-order valence-corrected chi connectivity index (χ2v) is 4.67. The lowest BCUT2D eigenvalue weighted by Gasteiger charge is -2.07. The fourth-order valence-corrected chi connectivity index (χ4v) is 2.46. The van der Waals surface area contributed by atoms with Gasteiger partial charge < -0.3 is 5.73 Å². The van der Waals surface area contributed by atoms with Crippen LogP contribution in [-0.2, 0) is 0 Å². The van der Waals surface area contributed by atoms with Crippen LogP contribution in [0.5, 0.6) is 0 Å². The van der Waals surface area contributed by atoms with Crippen LogP contribution in [0, 0.1) is 0 Å². The van der Waals surface area contributed by atoms with Gasteiger partial charge in [0.05, 0.1) is 16.7 Å². The maximum Gasteiger partial charge on any atom is 0.100 e. The lowest BCUT2D eigenvalue weighted by atomic mass is 10.2. The fraction of sp³-hybridized carbons (Fsp3) is 0. The zero-order valence-corrected chi connectivity index (χ0v) is 10.6. The summed E-state index contributed by atoms with van der Waals surface area (Å²) in [5, 5.41) is 0. The molecule has 84 valence electrons. The molecule has 0 fully saturated rings.